The third-order valence-electron chi connectivity index (χ3n) is 3.07. The lowest BCUT2D eigenvalue weighted by atomic mass is 10.2. The summed E-state index contributed by atoms with van der Waals surface area (Å²) in [6, 6.07) is 3.09. The van der Waals surface area contributed by atoms with Crippen LogP contribution in [0.3, 0.4) is 0 Å². The summed E-state index contributed by atoms with van der Waals surface area (Å²) in [5.41, 5.74) is 7.46. The molecule has 0 saturated carbocycles. The molecule has 1 aromatic carbocycles. The minimum atomic E-state index is -3.68. The maximum Gasteiger partial charge on any atom is 0.241 e. The van der Waals surface area contributed by atoms with Crippen LogP contribution in [0.4, 0.5) is 5.69 Å². The van der Waals surface area contributed by atoms with Gasteiger partial charge < -0.3 is 10.2 Å². The van der Waals surface area contributed by atoms with Gasteiger partial charge in [-0.25, -0.2) is 18.1 Å². The largest absolute Gasteiger partial charge is 0.444 e. The first kappa shape index (κ1) is 16.0. The van der Waals surface area contributed by atoms with Gasteiger partial charge in [0, 0.05) is 10.2 Å². The number of nitrogens with zero attached hydrogens (tertiary/aromatic N) is 1. The van der Waals surface area contributed by atoms with Gasteiger partial charge in [0.05, 0.1) is 17.1 Å². The summed E-state index contributed by atoms with van der Waals surface area (Å²) in [5.74, 6) is 1.00. The van der Waals surface area contributed by atoms with Crippen molar-refractivity contribution in [2.45, 2.75) is 32.2 Å². The average molecular weight is 374 g/mol. The standard InChI is InChI=1S/C13H16BrN3O3S/c1-7-4-10(14)11(15)5-12(7)21(18,19)16-6-13-17-8(2)9(3)20-13/h4-5,16H,6,15H2,1-3H3. The van der Waals surface area contributed by atoms with Crippen LogP contribution in [-0.4, -0.2) is 13.4 Å². The SMILES string of the molecule is Cc1cc(Br)c(N)cc1S(=O)(=O)NCc1nc(C)c(C)o1. The molecule has 21 heavy (non-hydrogen) atoms. The predicted octanol–water partition coefficient (Wildman–Crippen LogP) is 2.42. The lowest BCUT2D eigenvalue weighted by Crippen LogP contribution is -2.24. The van der Waals surface area contributed by atoms with E-state index in [0.717, 1.165) is 5.69 Å². The van der Waals surface area contributed by atoms with Crippen LogP contribution in [0.2, 0.25) is 0 Å². The van der Waals surface area contributed by atoms with Crippen LogP contribution in [0, 0.1) is 20.8 Å². The molecule has 6 nitrogen and oxygen atoms in total. The van der Waals surface area contributed by atoms with E-state index in [2.05, 4.69) is 25.6 Å². The minimum Gasteiger partial charge on any atom is -0.444 e. The van der Waals surface area contributed by atoms with Crippen LogP contribution in [0.5, 0.6) is 0 Å². The summed E-state index contributed by atoms with van der Waals surface area (Å²) in [7, 11) is -3.68. The van der Waals surface area contributed by atoms with Crippen molar-refractivity contribution in [2.75, 3.05) is 5.73 Å². The third-order valence-corrected chi connectivity index (χ3v) is 5.30. The number of oxazole rings is 1. The topological polar surface area (TPSA) is 98.2 Å². The van der Waals surface area contributed by atoms with Gasteiger partial charge in [-0.3, -0.25) is 0 Å². The third kappa shape index (κ3) is 3.45. The first-order chi connectivity index (χ1) is 9.70. The molecule has 2 rings (SSSR count). The number of halogens is 1. The smallest absolute Gasteiger partial charge is 0.241 e. The molecule has 8 heteroatoms. The van der Waals surface area contributed by atoms with Crippen LogP contribution in [-0.2, 0) is 16.6 Å². The predicted molar refractivity (Wildman–Crippen MR) is 83.3 cm³/mol. The van der Waals surface area contributed by atoms with Crippen LogP contribution < -0.4 is 10.5 Å². The number of nitrogens with two attached hydrogens (primary N) is 1. The Morgan fingerprint density at radius 2 is 2.00 bits per heavy atom. The second kappa shape index (κ2) is 5.78. The molecular weight excluding hydrogens is 358 g/mol. The minimum absolute atomic E-state index is 0.00752. The van der Waals surface area contributed by atoms with Crippen molar-refractivity contribution >= 4 is 31.6 Å². The van der Waals surface area contributed by atoms with Crippen molar-refractivity contribution in [3.8, 4) is 0 Å². The van der Waals surface area contributed by atoms with Crippen molar-refractivity contribution < 1.29 is 12.8 Å². The van der Waals surface area contributed by atoms with E-state index < -0.39 is 10.0 Å². The van der Waals surface area contributed by atoms with Crippen molar-refractivity contribution in [1.29, 1.82) is 0 Å². The Balaban J connectivity index is 2.24. The molecule has 0 bridgehead atoms. The van der Waals surface area contributed by atoms with Crippen molar-refractivity contribution in [2.24, 2.45) is 0 Å². The van der Waals surface area contributed by atoms with Gasteiger partial charge in [-0.1, -0.05) is 0 Å². The van der Waals surface area contributed by atoms with E-state index in [1.165, 1.54) is 6.07 Å². The maximum absolute atomic E-state index is 12.3. The summed E-state index contributed by atoms with van der Waals surface area (Å²) in [6.45, 7) is 5.28. The highest BCUT2D eigenvalue weighted by atomic mass is 79.9. The first-order valence-corrected chi connectivity index (χ1v) is 8.46. The Bertz CT molecular complexity index is 765. The molecule has 2 aromatic rings. The average Bonchev–Trinajstić information content (AvgIpc) is 2.71. The summed E-state index contributed by atoms with van der Waals surface area (Å²) >= 11 is 3.27. The van der Waals surface area contributed by atoms with Crippen LogP contribution >= 0.6 is 15.9 Å². The fourth-order valence-electron chi connectivity index (χ4n) is 1.81. The second-order valence-corrected chi connectivity index (χ2v) is 7.30. The number of aromatic nitrogens is 1. The number of anilines is 1. The zero-order chi connectivity index (χ0) is 15.8. The van der Waals surface area contributed by atoms with E-state index in [-0.39, 0.29) is 11.4 Å². The monoisotopic (exact) mass is 373 g/mol. The Hall–Kier alpha value is -1.38. The van der Waals surface area contributed by atoms with Gasteiger partial charge in [0.2, 0.25) is 15.9 Å². The molecule has 0 spiro atoms. The van der Waals surface area contributed by atoms with Crippen LogP contribution in [0.1, 0.15) is 22.9 Å². The summed E-state index contributed by atoms with van der Waals surface area (Å²) in [5, 5.41) is 0. The van der Waals surface area contributed by atoms with E-state index in [4.69, 9.17) is 10.2 Å². The molecular formula is C13H16BrN3O3S. The Morgan fingerprint density at radius 1 is 1.33 bits per heavy atom. The molecule has 0 radical (unpaired) electrons. The van der Waals surface area contributed by atoms with Crippen molar-refractivity contribution in [3.63, 3.8) is 0 Å². The number of benzene rings is 1. The molecule has 0 aliphatic heterocycles. The highest BCUT2D eigenvalue weighted by molar-refractivity contribution is 9.10. The second-order valence-electron chi connectivity index (χ2n) is 4.71. The molecule has 114 valence electrons. The number of sulfonamides is 1. The van der Waals surface area contributed by atoms with Gasteiger partial charge in [0.25, 0.3) is 0 Å². The first-order valence-electron chi connectivity index (χ1n) is 6.19. The highest BCUT2D eigenvalue weighted by Gasteiger charge is 2.19. The van der Waals surface area contributed by atoms with E-state index in [9.17, 15) is 8.42 Å². The summed E-state index contributed by atoms with van der Waals surface area (Å²) < 4.78 is 33.1. The molecule has 0 fully saturated rings. The number of hydrogen-bond donors (Lipinski definition) is 2. The number of nitrogen functional groups attached to an aromatic ring is 1. The molecule has 0 aliphatic carbocycles. The van der Waals surface area contributed by atoms with E-state index in [1.54, 1.807) is 26.8 Å². The summed E-state index contributed by atoms with van der Waals surface area (Å²) in [4.78, 5) is 4.28. The number of aryl methyl sites for hydroxylation is 3. The quantitative estimate of drug-likeness (QED) is 0.801. The Kier molecular flexibility index (Phi) is 4.40. The van der Waals surface area contributed by atoms with Crippen LogP contribution in [0.25, 0.3) is 0 Å². The van der Waals surface area contributed by atoms with Gasteiger partial charge in [-0.05, 0) is 54.4 Å². The van der Waals surface area contributed by atoms with E-state index >= 15 is 0 Å². The van der Waals surface area contributed by atoms with E-state index in [0.29, 0.717) is 27.4 Å². The normalized spacial score (nSPS) is 11.8. The van der Waals surface area contributed by atoms with Gasteiger partial charge in [-0.2, -0.15) is 0 Å². The van der Waals surface area contributed by atoms with Gasteiger partial charge in [-0.15, -0.1) is 0 Å². The molecule has 1 aromatic heterocycles. The number of rotatable bonds is 4. The number of nitrogens with one attached hydrogen (secondary N) is 1. The number of hydrogen-bond acceptors (Lipinski definition) is 5. The fourth-order valence-corrected chi connectivity index (χ4v) is 3.50. The van der Waals surface area contributed by atoms with Crippen LogP contribution in [0.15, 0.2) is 25.9 Å². The van der Waals surface area contributed by atoms with Gasteiger partial charge in [0.1, 0.15) is 5.76 Å². The summed E-state index contributed by atoms with van der Waals surface area (Å²) in [6.07, 6.45) is 0. The fraction of sp³-hybridized carbons (Fsp3) is 0.308. The molecule has 0 saturated heterocycles. The Labute approximate surface area is 131 Å². The molecule has 0 amide bonds. The highest BCUT2D eigenvalue weighted by Crippen LogP contribution is 2.26. The van der Waals surface area contributed by atoms with E-state index in [1.807, 2.05) is 0 Å². The lowest BCUT2D eigenvalue weighted by molar-refractivity contribution is 0.463. The molecule has 0 aliphatic rings. The zero-order valence-corrected chi connectivity index (χ0v) is 14.3. The molecule has 1 heterocycles. The van der Waals surface area contributed by atoms with Crippen molar-refractivity contribution in [1.82, 2.24) is 9.71 Å². The van der Waals surface area contributed by atoms with Crippen molar-refractivity contribution in [3.05, 3.63) is 39.5 Å². The maximum atomic E-state index is 12.3. The molecule has 0 unspecified atom stereocenters. The lowest BCUT2D eigenvalue weighted by Gasteiger charge is -2.10. The molecule has 0 atom stereocenters. The van der Waals surface area contributed by atoms with Gasteiger partial charge >= 0.3 is 0 Å². The zero-order valence-electron chi connectivity index (χ0n) is 11.9. The molecule has 3 N–H and O–H groups in total. The van der Waals surface area contributed by atoms with Gasteiger partial charge in [0.15, 0.2) is 0 Å². The Morgan fingerprint density at radius 3 is 2.57 bits per heavy atom.